The minimum absolute atomic E-state index is 0. The van der Waals surface area contributed by atoms with Gasteiger partial charge in [0.2, 0.25) is 0 Å². The van der Waals surface area contributed by atoms with Crippen molar-refractivity contribution >= 4 is 28.3 Å². The smallest absolute Gasteiger partial charge is 0.175 e. The Hall–Kier alpha value is -1.34. The highest BCUT2D eigenvalue weighted by molar-refractivity contribution is 9.10. The number of benzene rings is 2. The van der Waals surface area contributed by atoms with Crippen molar-refractivity contribution in [2.45, 2.75) is 32.4 Å². The number of aliphatic hydroxyl groups is 1. The highest BCUT2D eigenvalue weighted by atomic mass is 79.9. The van der Waals surface area contributed by atoms with Crippen LogP contribution in [0.2, 0.25) is 0 Å². The van der Waals surface area contributed by atoms with Gasteiger partial charge in [-0.3, -0.25) is 0 Å². The van der Waals surface area contributed by atoms with Gasteiger partial charge in [-0.15, -0.1) is 12.4 Å². The lowest BCUT2D eigenvalue weighted by Crippen LogP contribution is -2.15. The third-order valence-corrected chi connectivity index (χ3v) is 4.55. The van der Waals surface area contributed by atoms with Crippen LogP contribution in [0, 0.1) is 5.82 Å². The molecule has 4 nitrogen and oxygen atoms in total. The molecule has 0 spiro atoms. The molecule has 7 heteroatoms. The summed E-state index contributed by atoms with van der Waals surface area (Å²) in [6, 6.07) is 10.4. The Morgan fingerprint density at radius 1 is 1.15 bits per heavy atom. The molecule has 2 aromatic carbocycles. The van der Waals surface area contributed by atoms with Crippen molar-refractivity contribution in [2.24, 2.45) is 0 Å². The van der Waals surface area contributed by atoms with Crippen LogP contribution in [0.5, 0.6) is 11.5 Å². The van der Waals surface area contributed by atoms with E-state index in [9.17, 15) is 4.39 Å². The van der Waals surface area contributed by atoms with Gasteiger partial charge < -0.3 is 19.9 Å². The summed E-state index contributed by atoms with van der Waals surface area (Å²) >= 11 is 3.52. The van der Waals surface area contributed by atoms with Crippen LogP contribution in [0.4, 0.5) is 4.39 Å². The molecule has 150 valence electrons. The lowest BCUT2D eigenvalue weighted by molar-refractivity contribution is 0.277. The predicted molar refractivity (Wildman–Crippen MR) is 111 cm³/mol. The molecule has 0 aliphatic rings. The Morgan fingerprint density at radius 2 is 1.93 bits per heavy atom. The maximum atomic E-state index is 13.7. The van der Waals surface area contributed by atoms with E-state index >= 15 is 0 Å². The Bertz CT molecular complexity index is 703. The third kappa shape index (κ3) is 7.66. The summed E-state index contributed by atoms with van der Waals surface area (Å²) in [5, 5.41) is 12.1. The fourth-order valence-corrected chi connectivity index (χ4v) is 3.16. The van der Waals surface area contributed by atoms with Gasteiger partial charge in [-0.25, -0.2) is 4.39 Å². The van der Waals surface area contributed by atoms with Crippen LogP contribution in [0.15, 0.2) is 40.9 Å². The van der Waals surface area contributed by atoms with Crippen molar-refractivity contribution in [3.63, 3.8) is 0 Å². The quantitative estimate of drug-likeness (QED) is 0.469. The number of nitrogens with one attached hydrogen (secondary N) is 1. The minimum atomic E-state index is -0.287. The summed E-state index contributed by atoms with van der Waals surface area (Å²) in [5.74, 6) is 0.875. The van der Waals surface area contributed by atoms with Gasteiger partial charge in [-0.2, -0.15) is 0 Å². The van der Waals surface area contributed by atoms with Crippen molar-refractivity contribution in [1.82, 2.24) is 5.32 Å². The van der Waals surface area contributed by atoms with E-state index in [0.29, 0.717) is 23.6 Å². The number of aliphatic hydroxyl groups excluding tert-OH is 1. The van der Waals surface area contributed by atoms with Gasteiger partial charge in [0.05, 0.1) is 11.6 Å². The Labute approximate surface area is 174 Å². The van der Waals surface area contributed by atoms with E-state index in [-0.39, 0.29) is 31.4 Å². The van der Waals surface area contributed by atoms with Crippen LogP contribution in [0.3, 0.4) is 0 Å². The largest absolute Gasteiger partial charge is 0.493 e. The lowest BCUT2D eigenvalue weighted by atomic mass is 10.2. The first-order chi connectivity index (χ1) is 12.7. The highest BCUT2D eigenvalue weighted by Crippen LogP contribution is 2.37. The predicted octanol–water partition coefficient (Wildman–Crippen LogP) is 4.85. The third-order valence-electron chi connectivity index (χ3n) is 3.96. The van der Waals surface area contributed by atoms with Gasteiger partial charge in [0.1, 0.15) is 12.4 Å². The number of unbranched alkanes of at least 4 members (excludes halogenated alkanes) is 2. The molecule has 0 amide bonds. The summed E-state index contributed by atoms with van der Waals surface area (Å²) in [6.45, 7) is 1.98. The molecule has 2 N–H and O–H groups in total. The van der Waals surface area contributed by atoms with E-state index in [1.54, 1.807) is 25.3 Å². The van der Waals surface area contributed by atoms with Crippen molar-refractivity contribution in [3.8, 4) is 11.5 Å². The van der Waals surface area contributed by atoms with Gasteiger partial charge >= 0.3 is 0 Å². The average molecular weight is 463 g/mol. The van der Waals surface area contributed by atoms with E-state index < -0.39 is 0 Å². The molecule has 0 heterocycles. The van der Waals surface area contributed by atoms with Crippen molar-refractivity contribution in [3.05, 3.63) is 57.8 Å². The van der Waals surface area contributed by atoms with E-state index in [1.807, 2.05) is 12.1 Å². The fourth-order valence-electron chi connectivity index (χ4n) is 2.55. The SMILES string of the molecule is COc1cc(CNCCCCCO)cc(Br)c1OCc1ccccc1F.Cl. The van der Waals surface area contributed by atoms with Crippen LogP contribution >= 0.6 is 28.3 Å². The molecular formula is C20H26BrClFNO3. The van der Waals surface area contributed by atoms with E-state index in [2.05, 4.69) is 21.2 Å². The van der Waals surface area contributed by atoms with Gasteiger partial charge in [-0.05, 0) is 65.5 Å². The summed E-state index contributed by atoms with van der Waals surface area (Å²) in [4.78, 5) is 0. The topological polar surface area (TPSA) is 50.7 Å². The number of methoxy groups -OCH3 is 1. The fraction of sp³-hybridized carbons (Fsp3) is 0.400. The van der Waals surface area contributed by atoms with Crippen LogP contribution in [0.1, 0.15) is 30.4 Å². The Kier molecular flexibility index (Phi) is 11.4. The summed E-state index contributed by atoms with van der Waals surface area (Å²) in [5.41, 5.74) is 1.56. The molecule has 0 saturated carbocycles. The number of hydrogen-bond acceptors (Lipinski definition) is 4. The zero-order chi connectivity index (χ0) is 18.8. The molecule has 0 aliphatic heterocycles. The maximum absolute atomic E-state index is 13.7. The number of rotatable bonds is 11. The Morgan fingerprint density at radius 3 is 2.63 bits per heavy atom. The van der Waals surface area contributed by atoms with Gasteiger partial charge in [0, 0.05) is 18.7 Å². The van der Waals surface area contributed by atoms with E-state index in [0.717, 1.165) is 35.8 Å². The second-order valence-corrected chi connectivity index (χ2v) is 6.80. The first-order valence-corrected chi connectivity index (χ1v) is 9.49. The monoisotopic (exact) mass is 461 g/mol. The normalized spacial score (nSPS) is 10.4. The van der Waals surface area contributed by atoms with Gasteiger partial charge in [-0.1, -0.05) is 18.2 Å². The minimum Gasteiger partial charge on any atom is -0.493 e. The summed E-state index contributed by atoms with van der Waals surface area (Å²) in [6.07, 6.45) is 2.89. The highest BCUT2D eigenvalue weighted by Gasteiger charge is 2.13. The zero-order valence-corrected chi connectivity index (χ0v) is 17.7. The van der Waals surface area contributed by atoms with Crippen LogP contribution in [0.25, 0.3) is 0 Å². The van der Waals surface area contributed by atoms with E-state index in [4.69, 9.17) is 14.6 Å². The molecule has 0 radical (unpaired) electrons. The Balaban J connectivity index is 0.00000364. The standard InChI is InChI=1S/C20H25BrFNO3.ClH/c1-25-19-12-15(13-23-9-5-2-6-10-24)11-17(21)20(19)26-14-16-7-3-4-8-18(16)22;/h3-4,7-8,11-12,23-24H,2,5-6,9-10,13-14H2,1H3;1H. The van der Waals surface area contributed by atoms with Crippen LogP contribution in [-0.2, 0) is 13.2 Å². The summed E-state index contributed by atoms with van der Waals surface area (Å²) < 4.78 is 25.7. The van der Waals surface area contributed by atoms with Crippen LogP contribution < -0.4 is 14.8 Å². The molecule has 2 rings (SSSR count). The zero-order valence-electron chi connectivity index (χ0n) is 15.3. The molecule has 0 unspecified atom stereocenters. The average Bonchev–Trinajstić information content (AvgIpc) is 2.64. The van der Waals surface area contributed by atoms with Crippen molar-refractivity contribution < 1.29 is 19.0 Å². The molecular weight excluding hydrogens is 437 g/mol. The number of hydrogen-bond donors (Lipinski definition) is 2. The molecule has 0 fully saturated rings. The van der Waals surface area contributed by atoms with Gasteiger partial charge in [0.25, 0.3) is 0 Å². The molecule has 0 saturated heterocycles. The molecule has 0 aliphatic carbocycles. The lowest BCUT2D eigenvalue weighted by Gasteiger charge is -2.15. The molecule has 2 aromatic rings. The van der Waals surface area contributed by atoms with Crippen molar-refractivity contribution in [1.29, 1.82) is 0 Å². The number of halogens is 3. The summed E-state index contributed by atoms with van der Waals surface area (Å²) in [7, 11) is 1.59. The number of ether oxygens (including phenoxy) is 2. The van der Waals surface area contributed by atoms with Crippen molar-refractivity contribution in [2.75, 3.05) is 20.3 Å². The first kappa shape index (κ1) is 23.7. The first-order valence-electron chi connectivity index (χ1n) is 8.70. The van der Waals surface area contributed by atoms with E-state index in [1.165, 1.54) is 6.07 Å². The molecule has 0 bridgehead atoms. The second kappa shape index (κ2) is 12.9. The van der Waals surface area contributed by atoms with Crippen LogP contribution in [-0.4, -0.2) is 25.4 Å². The molecule has 27 heavy (non-hydrogen) atoms. The second-order valence-electron chi connectivity index (χ2n) is 5.95. The maximum Gasteiger partial charge on any atom is 0.175 e. The molecule has 0 aromatic heterocycles. The molecule has 0 atom stereocenters. The van der Waals surface area contributed by atoms with Gasteiger partial charge in [0.15, 0.2) is 11.5 Å².